The molecule has 0 spiro atoms. The van der Waals surface area contributed by atoms with E-state index in [4.69, 9.17) is 9.47 Å². The molecule has 2 N–H and O–H groups in total. The number of nitrogens with zero attached hydrogens (tertiary/aromatic N) is 1. The van der Waals surface area contributed by atoms with Gasteiger partial charge in [0.1, 0.15) is 0 Å². The van der Waals surface area contributed by atoms with Gasteiger partial charge in [0.05, 0.1) is 13.2 Å². The maximum atomic E-state index is 5.72. The van der Waals surface area contributed by atoms with Gasteiger partial charge >= 0.3 is 0 Å². The van der Waals surface area contributed by atoms with E-state index in [1.807, 2.05) is 7.05 Å². The van der Waals surface area contributed by atoms with Crippen molar-refractivity contribution >= 4 is 41.3 Å². The lowest BCUT2D eigenvalue weighted by Crippen LogP contribution is -2.43. The van der Waals surface area contributed by atoms with Crippen molar-refractivity contribution in [3.63, 3.8) is 0 Å². The molecule has 0 aromatic carbocycles. The van der Waals surface area contributed by atoms with Gasteiger partial charge in [-0.2, -0.15) is 0 Å². The van der Waals surface area contributed by atoms with Gasteiger partial charge in [0.25, 0.3) is 0 Å². The van der Waals surface area contributed by atoms with Crippen LogP contribution in [-0.4, -0.2) is 52.5 Å². The van der Waals surface area contributed by atoms with Gasteiger partial charge in [-0.3, -0.25) is 4.99 Å². The van der Waals surface area contributed by atoms with Gasteiger partial charge in [0.15, 0.2) is 5.96 Å². The maximum absolute atomic E-state index is 5.72. The highest BCUT2D eigenvalue weighted by molar-refractivity contribution is 14.0. The number of hydrogen-bond acceptors (Lipinski definition) is 4. The van der Waals surface area contributed by atoms with Crippen molar-refractivity contribution in [1.82, 2.24) is 10.6 Å². The van der Waals surface area contributed by atoms with Gasteiger partial charge in [0, 0.05) is 49.6 Å². The summed E-state index contributed by atoms with van der Waals surface area (Å²) in [7, 11) is 1.81. The van der Waals surface area contributed by atoms with E-state index in [0.29, 0.717) is 5.92 Å². The Morgan fingerprint density at radius 3 is 2.92 bits per heavy atom. The third kappa shape index (κ3) is 8.23. The first-order valence-corrected chi connectivity index (χ1v) is 9.64. The lowest BCUT2D eigenvalue weighted by Gasteiger charge is -2.25. The molecule has 0 amide bonds. The van der Waals surface area contributed by atoms with Gasteiger partial charge < -0.3 is 20.1 Å². The van der Waals surface area contributed by atoms with Gasteiger partial charge in [-0.1, -0.05) is 19.9 Å². The molecule has 0 aliphatic carbocycles. The molecule has 1 fully saturated rings. The average molecular weight is 481 g/mol. The van der Waals surface area contributed by atoms with Crippen LogP contribution < -0.4 is 10.6 Å². The Labute approximate surface area is 173 Å². The average Bonchev–Trinajstić information content (AvgIpc) is 3.27. The zero-order valence-corrected chi connectivity index (χ0v) is 18.7. The lowest BCUT2D eigenvalue weighted by atomic mass is 9.91. The fraction of sp³-hybridized carbons (Fsp3) is 0.722. The van der Waals surface area contributed by atoms with Crippen molar-refractivity contribution in [2.75, 3.05) is 46.6 Å². The Morgan fingerprint density at radius 2 is 2.28 bits per heavy atom. The van der Waals surface area contributed by atoms with Crippen LogP contribution in [0.4, 0.5) is 0 Å². The first kappa shape index (κ1) is 22.7. The van der Waals surface area contributed by atoms with E-state index in [1.165, 1.54) is 4.88 Å². The van der Waals surface area contributed by atoms with Crippen LogP contribution in [0.5, 0.6) is 0 Å². The summed E-state index contributed by atoms with van der Waals surface area (Å²) in [6.45, 7) is 9.56. The minimum absolute atomic E-state index is 0. The van der Waals surface area contributed by atoms with E-state index in [-0.39, 0.29) is 29.4 Å². The van der Waals surface area contributed by atoms with E-state index in [0.717, 1.165) is 58.3 Å². The van der Waals surface area contributed by atoms with Crippen molar-refractivity contribution in [1.29, 1.82) is 0 Å². The van der Waals surface area contributed by atoms with Crippen LogP contribution in [0.15, 0.2) is 22.5 Å². The van der Waals surface area contributed by atoms with Crippen molar-refractivity contribution in [3.05, 3.63) is 22.4 Å². The van der Waals surface area contributed by atoms with Crippen molar-refractivity contribution in [2.24, 2.45) is 10.9 Å². The predicted octanol–water partition coefficient (Wildman–Crippen LogP) is 3.25. The van der Waals surface area contributed by atoms with Crippen LogP contribution in [0, 0.1) is 5.92 Å². The standard InChI is InChI=1S/C18H31N3O2S.HI/c1-18(2,16-6-4-11-24-16)14-21-17(19-3)20-8-5-9-22-12-15-7-10-23-13-15;/h4,6,11,15H,5,7-10,12-14H2,1-3H3,(H2,19,20,21);1H. The molecule has 1 atom stereocenters. The van der Waals surface area contributed by atoms with E-state index >= 15 is 0 Å². The van der Waals surface area contributed by atoms with Gasteiger partial charge in [0.2, 0.25) is 0 Å². The predicted molar refractivity (Wildman–Crippen MR) is 116 cm³/mol. The maximum Gasteiger partial charge on any atom is 0.191 e. The number of hydrogen-bond donors (Lipinski definition) is 2. The van der Waals surface area contributed by atoms with Gasteiger partial charge in [-0.05, 0) is 24.3 Å². The second-order valence-corrected chi connectivity index (χ2v) is 7.82. The second-order valence-electron chi connectivity index (χ2n) is 6.87. The number of ether oxygens (including phenoxy) is 2. The van der Waals surface area contributed by atoms with Crippen molar-refractivity contribution < 1.29 is 9.47 Å². The first-order valence-electron chi connectivity index (χ1n) is 8.76. The van der Waals surface area contributed by atoms with Gasteiger partial charge in [-0.15, -0.1) is 35.3 Å². The summed E-state index contributed by atoms with van der Waals surface area (Å²) >= 11 is 1.80. The smallest absolute Gasteiger partial charge is 0.191 e. The van der Waals surface area contributed by atoms with Crippen LogP contribution in [0.3, 0.4) is 0 Å². The van der Waals surface area contributed by atoms with Crippen LogP contribution >= 0.6 is 35.3 Å². The molecule has 25 heavy (non-hydrogen) atoms. The topological polar surface area (TPSA) is 54.9 Å². The zero-order chi connectivity index (χ0) is 17.3. The molecule has 144 valence electrons. The summed E-state index contributed by atoms with van der Waals surface area (Å²) in [4.78, 5) is 5.68. The highest BCUT2D eigenvalue weighted by atomic mass is 127. The van der Waals surface area contributed by atoms with Crippen molar-refractivity contribution in [3.8, 4) is 0 Å². The number of halogens is 1. The SMILES string of the molecule is CN=C(NCCCOCC1CCOC1)NCC(C)(C)c1cccs1.I. The summed E-state index contributed by atoms with van der Waals surface area (Å²) in [5, 5.41) is 8.90. The molecule has 1 aliphatic heterocycles. The fourth-order valence-corrected chi connectivity index (χ4v) is 3.47. The normalized spacial score (nSPS) is 18.0. The number of guanidine groups is 1. The zero-order valence-electron chi connectivity index (χ0n) is 15.5. The Balaban J connectivity index is 0.00000312. The van der Waals surface area contributed by atoms with E-state index < -0.39 is 0 Å². The molecule has 1 saturated heterocycles. The highest BCUT2D eigenvalue weighted by Gasteiger charge is 2.21. The largest absolute Gasteiger partial charge is 0.381 e. The van der Waals surface area contributed by atoms with Crippen LogP contribution in [0.25, 0.3) is 0 Å². The Kier molecular flexibility index (Phi) is 11.0. The number of nitrogens with one attached hydrogen (secondary N) is 2. The summed E-state index contributed by atoms with van der Waals surface area (Å²) in [6.07, 6.45) is 2.11. The van der Waals surface area contributed by atoms with Crippen LogP contribution in [0.2, 0.25) is 0 Å². The first-order chi connectivity index (χ1) is 11.6. The number of aliphatic imine (C=N–C) groups is 1. The molecule has 0 saturated carbocycles. The third-order valence-corrected chi connectivity index (χ3v) is 5.48. The van der Waals surface area contributed by atoms with E-state index in [2.05, 4.69) is 47.0 Å². The molecule has 1 aliphatic rings. The molecule has 1 aromatic heterocycles. The minimum atomic E-state index is 0. The highest BCUT2D eigenvalue weighted by Crippen LogP contribution is 2.26. The van der Waals surface area contributed by atoms with Crippen molar-refractivity contribution in [2.45, 2.75) is 32.1 Å². The molecule has 1 aromatic rings. The van der Waals surface area contributed by atoms with Gasteiger partial charge in [-0.25, -0.2) is 0 Å². The second kappa shape index (κ2) is 12.1. The molecular weight excluding hydrogens is 449 g/mol. The number of rotatable bonds is 9. The van der Waals surface area contributed by atoms with Crippen LogP contribution in [-0.2, 0) is 14.9 Å². The molecule has 0 radical (unpaired) electrons. The molecule has 2 rings (SSSR count). The Hall–Kier alpha value is -0.380. The summed E-state index contributed by atoms with van der Waals surface area (Å²) in [5.74, 6) is 1.44. The van der Waals surface area contributed by atoms with Crippen LogP contribution in [0.1, 0.15) is 31.6 Å². The Bertz CT molecular complexity index is 489. The summed E-state index contributed by atoms with van der Waals surface area (Å²) in [6, 6.07) is 4.29. The third-order valence-electron chi connectivity index (χ3n) is 4.25. The van der Waals surface area contributed by atoms with E-state index in [9.17, 15) is 0 Å². The molecular formula is C18H32IN3O2S. The summed E-state index contributed by atoms with van der Waals surface area (Å²) in [5.41, 5.74) is 0.0955. The summed E-state index contributed by atoms with van der Waals surface area (Å²) < 4.78 is 11.1. The lowest BCUT2D eigenvalue weighted by molar-refractivity contribution is 0.0888. The van der Waals surface area contributed by atoms with E-state index in [1.54, 1.807) is 11.3 Å². The number of thiophene rings is 1. The molecule has 5 nitrogen and oxygen atoms in total. The molecule has 0 bridgehead atoms. The molecule has 7 heteroatoms. The quantitative estimate of drug-likeness (QED) is 0.246. The minimum Gasteiger partial charge on any atom is -0.381 e. The molecule has 1 unspecified atom stereocenters. The fourth-order valence-electron chi connectivity index (χ4n) is 2.62. The monoisotopic (exact) mass is 481 g/mol. The Morgan fingerprint density at radius 1 is 1.44 bits per heavy atom. The molecule has 2 heterocycles.